The molecular weight excluding hydrogens is 314 g/mol. The van der Waals surface area contributed by atoms with Crippen molar-refractivity contribution >= 4 is 11.8 Å². The van der Waals surface area contributed by atoms with E-state index in [0.717, 1.165) is 70.2 Å². The van der Waals surface area contributed by atoms with E-state index in [0.29, 0.717) is 5.56 Å². The molecule has 1 saturated heterocycles. The van der Waals surface area contributed by atoms with Crippen molar-refractivity contribution in [3.63, 3.8) is 0 Å². The average Bonchev–Trinajstić information content (AvgIpc) is 2.66. The lowest BCUT2D eigenvalue weighted by Crippen LogP contribution is -2.51. The van der Waals surface area contributed by atoms with Crippen LogP contribution in [0.25, 0.3) is 0 Å². The summed E-state index contributed by atoms with van der Waals surface area (Å²) in [5, 5.41) is 3.10. The van der Waals surface area contributed by atoms with Gasteiger partial charge in [-0.15, -0.1) is 0 Å². The number of nitrogens with one attached hydrogen (secondary N) is 1. The number of hydrogen-bond donors (Lipinski definition) is 1. The van der Waals surface area contributed by atoms with Gasteiger partial charge in [0.25, 0.3) is 5.91 Å². The number of aromatic nitrogens is 1. The molecule has 0 spiro atoms. The first-order valence-electron chi connectivity index (χ1n) is 9.69. The lowest BCUT2D eigenvalue weighted by molar-refractivity contribution is -0.128. The predicted octanol–water partition coefficient (Wildman–Crippen LogP) is 3.08. The van der Waals surface area contributed by atoms with Crippen LogP contribution in [0.15, 0.2) is 18.3 Å². The molecule has 5 nitrogen and oxygen atoms in total. The molecule has 0 radical (unpaired) electrons. The molecule has 2 fully saturated rings. The second-order valence-corrected chi connectivity index (χ2v) is 7.30. The maximum atomic E-state index is 13.3. The predicted molar refractivity (Wildman–Crippen MR) is 97.2 cm³/mol. The Labute approximate surface area is 150 Å². The number of aryl methyl sites for hydroxylation is 1. The molecule has 5 heteroatoms. The molecule has 1 aliphatic heterocycles. The van der Waals surface area contributed by atoms with Crippen molar-refractivity contribution < 1.29 is 9.59 Å². The zero-order valence-electron chi connectivity index (χ0n) is 15.2. The highest BCUT2D eigenvalue weighted by molar-refractivity contribution is 5.95. The van der Waals surface area contributed by atoms with Gasteiger partial charge in [-0.25, -0.2) is 0 Å². The topological polar surface area (TPSA) is 62.3 Å². The van der Waals surface area contributed by atoms with Gasteiger partial charge in [0.1, 0.15) is 0 Å². The maximum Gasteiger partial charge on any atom is 0.255 e. The average molecular weight is 343 g/mol. The molecule has 1 aromatic rings. The van der Waals surface area contributed by atoms with Gasteiger partial charge in [0.2, 0.25) is 5.91 Å². The SMILES string of the molecule is Cc1ncccc1C(=O)N1CCCCCCNC(=O)[C@@H]2CCCC[C@@H]21. The fourth-order valence-corrected chi connectivity index (χ4v) is 4.18. The highest BCUT2D eigenvalue weighted by Crippen LogP contribution is 2.31. The Bertz CT molecular complexity index is 617. The van der Waals surface area contributed by atoms with E-state index >= 15 is 0 Å². The number of carbonyl (C=O) groups is 2. The molecule has 0 bridgehead atoms. The second kappa shape index (κ2) is 8.45. The van der Waals surface area contributed by atoms with Crippen LogP contribution < -0.4 is 5.32 Å². The summed E-state index contributed by atoms with van der Waals surface area (Å²) >= 11 is 0. The van der Waals surface area contributed by atoms with E-state index in [1.54, 1.807) is 6.20 Å². The highest BCUT2D eigenvalue weighted by atomic mass is 16.2. The Hall–Kier alpha value is -1.91. The zero-order chi connectivity index (χ0) is 17.6. The van der Waals surface area contributed by atoms with E-state index in [1.807, 2.05) is 24.0 Å². The van der Waals surface area contributed by atoms with Crippen molar-refractivity contribution in [3.8, 4) is 0 Å². The third kappa shape index (κ3) is 4.20. The molecule has 1 N–H and O–H groups in total. The summed E-state index contributed by atoms with van der Waals surface area (Å²) in [6.45, 7) is 3.38. The summed E-state index contributed by atoms with van der Waals surface area (Å²) in [7, 11) is 0. The van der Waals surface area contributed by atoms with Gasteiger partial charge in [0.05, 0.1) is 11.5 Å². The van der Waals surface area contributed by atoms with Crippen LogP contribution in [0, 0.1) is 12.8 Å². The van der Waals surface area contributed by atoms with Gasteiger partial charge < -0.3 is 10.2 Å². The molecule has 2 aliphatic rings. The van der Waals surface area contributed by atoms with Crippen LogP contribution in [0.5, 0.6) is 0 Å². The Morgan fingerprint density at radius 1 is 1.16 bits per heavy atom. The lowest BCUT2D eigenvalue weighted by atomic mass is 9.82. The first kappa shape index (κ1) is 17.9. The van der Waals surface area contributed by atoms with Crippen LogP contribution in [0.4, 0.5) is 0 Å². The summed E-state index contributed by atoms with van der Waals surface area (Å²) in [4.78, 5) is 32.2. The molecule has 0 unspecified atom stereocenters. The van der Waals surface area contributed by atoms with Crippen molar-refractivity contribution in [1.29, 1.82) is 0 Å². The molecule has 1 aromatic heterocycles. The number of hydrogen-bond acceptors (Lipinski definition) is 3. The largest absolute Gasteiger partial charge is 0.356 e. The molecule has 1 aliphatic carbocycles. The number of fused-ring (bicyclic) bond motifs is 1. The highest BCUT2D eigenvalue weighted by Gasteiger charge is 2.37. The van der Waals surface area contributed by atoms with Crippen LogP contribution in [-0.2, 0) is 4.79 Å². The van der Waals surface area contributed by atoms with Crippen molar-refractivity contribution in [2.75, 3.05) is 13.1 Å². The number of rotatable bonds is 1. The molecular formula is C20H29N3O2. The summed E-state index contributed by atoms with van der Waals surface area (Å²) < 4.78 is 0. The molecule has 2 amide bonds. The summed E-state index contributed by atoms with van der Waals surface area (Å²) in [5.41, 5.74) is 1.43. The van der Waals surface area contributed by atoms with Gasteiger partial charge in [-0.2, -0.15) is 0 Å². The monoisotopic (exact) mass is 343 g/mol. The second-order valence-electron chi connectivity index (χ2n) is 7.30. The molecule has 0 aromatic carbocycles. The lowest BCUT2D eigenvalue weighted by Gasteiger charge is -2.39. The fourth-order valence-electron chi connectivity index (χ4n) is 4.18. The van der Waals surface area contributed by atoms with E-state index in [1.165, 1.54) is 0 Å². The first-order chi connectivity index (χ1) is 12.2. The van der Waals surface area contributed by atoms with Gasteiger partial charge in [-0.05, 0) is 44.7 Å². The van der Waals surface area contributed by atoms with Crippen LogP contribution in [0.3, 0.4) is 0 Å². The van der Waals surface area contributed by atoms with E-state index < -0.39 is 0 Å². The number of amides is 2. The fraction of sp³-hybridized carbons (Fsp3) is 0.650. The minimum Gasteiger partial charge on any atom is -0.356 e. The summed E-state index contributed by atoms with van der Waals surface area (Å²) in [6, 6.07) is 3.68. The summed E-state index contributed by atoms with van der Waals surface area (Å²) in [6.07, 6.45) is 9.91. The first-order valence-corrected chi connectivity index (χ1v) is 9.69. The third-order valence-corrected chi connectivity index (χ3v) is 5.59. The normalized spacial score (nSPS) is 25.5. The smallest absolute Gasteiger partial charge is 0.255 e. The summed E-state index contributed by atoms with van der Waals surface area (Å²) in [5.74, 6) is 0.0923. The van der Waals surface area contributed by atoms with Crippen LogP contribution in [0.1, 0.15) is 67.4 Å². The van der Waals surface area contributed by atoms with Crippen LogP contribution in [0.2, 0.25) is 0 Å². The van der Waals surface area contributed by atoms with Crippen molar-refractivity contribution in [1.82, 2.24) is 15.2 Å². The van der Waals surface area contributed by atoms with Crippen molar-refractivity contribution in [3.05, 3.63) is 29.6 Å². The third-order valence-electron chi connectivity index (χ3n) is 5.59. The van der Waals surface area contributed by atoms with Gasteiger partial charge in [-0.3, -0.25) is 14.6 Å². The standard InChI is InChI=1S/C20H29N3O2/c1-15-16(10-8-13-21-15)20(25)23-14-7-3-2-6-12-22-19(24)17-9-4-5-11-18(17)23/h8,10,13,17-18H,2-7,9,11-12,14H2,1H3,(H,22,24)/t17-,18+/m1/s1. The van der Waals surface area contributed by atoms with Crippen LogP contribution in [-0.4, -0.2) is 40.8 Å². The van der Waals surface area contributed by atoms with E-state index in [2.05, 4.69) is 10.3 Å². The van der Waals surface area contributed by atoms with Gasteiger partial charge in [0.15, 0.2) is 0 Å². The Balaban J connectivity index is 1.89. The number of nitrogens with zero attached hydrogens (tertiary/aromatic N) is 2. The molecule has 3 rings (SSSR count). The van der Waals surface area contributed by atoms with E-state index in [-0.39, 0.29) is 23.8 Å². The van der Waals surface area contributed by atoms with Gasteiger partial charge in [0, 0.05) is 31.0 Å². The van der Waals surface area contributed by atoms with Gasteiger partial charge in [-0.1, -0.05) is 25.7 Å². The molecule has 2 heterocycles. The Kier molecular flexibility index (Phi) is 6.05. The minimum absolute atomic E-state index is 0.0129. The molecule has 2 atom stereocenters. The zero-order valence-corrected chi connectivity index (χ0v) is 15.2. The van der Waals surface area contributed by atoms with Crippen molar-refractivity contribution in [2.24, 2.45) is 5.92 Å². The van der Waals surface area contributed by atoms with Crippen molar-refractivity contribution in [2.45, 2.75) is 64.3 Å². The Morgan fingerprint density at radius 3 is 2.80 bits per heavy atom. The molecule has 136 valence electrons. The van der Waals surface area contributed by atoms with Gasteiger partial charge >= 0.3 is 0 Å². The molecule has 25 heavy (non-hydrogen) atoms. The van der Waals surface area contributed by atoms with E-state index in [9.17, 15) is 9.59 Å². The van der Waals surface area contributed by atoms with Crippen LogP contribution >= 0.6 is 0 Å². The number of pyridine rings is 1. The Morgan fingerprint density at radius 2 is 1.96 bits per heavy atom. The minimum atomic E-state index is -0.0761. The number of carbonyl (C=O) groups excluding carboxylic acids is 2. The van der Waals surface area contributed by atoms with E-state index in [4.69, 9.17) is 0 Å². The maximum absolute atomic E-state index is 13.3. The molecule has 1 saturated carbocycles. The quantitative estimate of drug-likeness (QED) is 0.852.